The standard InChI is InChI=1S/C31H35N5O3/c1-5-36(6-2)19-20-39-26-17-15-25(16-18-26)33-31-32-21-27(24-13-11-23(12-14-24)22(3)37)30(35-31)34-28-9-7-8-10-29(28)38-4/h7-18,21H,5-6,19-20H2,1-4H3,(H2,32,33,34,35). The van der Waals surface area contributed by atoms with Crippen LogP contribution in [0.4, 0.5) is 23.1 Å². The van der Waals surface area contributed by atoms with Crippen molar-refractivity contribution >= 4 is 28.9 Å². The van der Waals surface area contributed by atoms with Crippen LogP contribution in [0.2, 0.25) is 0 Å². The Morgan fingerprint density at radius 2 is 1.64 bits per heavy atom. The zero-order chi connectivity index (χ0) is 27.6. The third-order valence-corrected chi connectivity index (χ3v) is 6.43. The molecule has 0 amide bonds. The Balaban J connectivity index is 1.56. The molecule has 0 radical (unpaired) electrons. The number of Topliss-reactive ketones (excluding diaryl/α,β-unsaturated/α-hetero) is 1. The molecule has 3 aromatic carbocycles. The molecule has 1 aromatic heterocycles. The minimum absolute atomic E-state index is 0.0185. The van der Waals surface area contributed by atoms with Crippen LogP contribution in [0.15, 0.2) is 79.0 Å². The van der Waals surface area contributed by atoms with E-state index in [0.29, 0.717) is 29.7 Å². The number of nitrogens with zero attached hydrogens (tertiary/aromatic N) is 3. The maximum Gasteiger partial charge on any atom is 0.229 e. The van der Waals surface area contributed by atoms with Gasteiger partial charge in [-0.3, -0.25) is 4.79 Å². The van der Waals surface area contributed by atoms with E-state index in [1.165, 1.54) is 0 Å². The fraction of sp³-hybridized carbons (Fsp3) is 0.258. The van der Waals surface area contributed by atoms with Crippen molar-refractivity contribution in [2.75, 3.05) is 44.0 Å². The van der Waals surface area contributed by atoms with Crippen LogP contribution >= 0.6 is 0 Å². The number of ketones is 1. The Hall–Kier alpha value is -4.43. The lowest BCUT2D eigenvalue weighted by molar-refractivity contribution is 0.101. The topological polar surface area (TPSA) is 88.6 Å². The van der Waals surface area contributed by atoms with Crippen LogP contribution in [0.1, 0.15) is 31.1 Å². The molecule has 0 spiro atoms. The summed E-state index contributed by atoms with van der Waals surface area (Å²) in [6, 6.07) is 22.8. The van der Waals surface area contributed by atoms with E-state index in [1.54, 1.807) is 20.2 Å². The zero-order valence-corrected chi connectivity index (χ0v) is 22.9. The highest BCUT2D eigenvalue weighted by Crippen LogP contribution is 2.33. The first-order valence-electron chi connectivity index (χ1n) is 13.1. The molecular weight excluding hydrogens is 490 g/mol. The lowest BCUT2D eigenvalue weighted by Crippen LogP contribution is -2.27. The van der Waals surface area contributed by atoms with E-state index in [1.807, 2.05) is 72.8 Å². The lowest BCUT2D eigenvalue weighted by atomic mass is 10.0. The van der Waals surface area contributed by atoms with Gasteiger partial charge in [-0.2, -0.15) is 4.98 Å². The van der Waals surface area contributed by atoms with Crippen molar-refractivity contribution in [1.82, 2.24) is 14.9 Å². The number of carbonyl (C=O) groups is 1. The first kappa shape index (κ1) is 27.6. The van der Waals surface area contributed by atoms with Gasteiger partial charge in [-0.1, -0.05) is 50.2 Å². The van der Waals surface area contributed by atoms with Crippen LogP contribution in [0.25, 0.3) is 11.1 Å². The molecule has 0 aliphatic heterocycles. The van der Waals surface area contributed by atoms with Crippen molar-refractivity contribution in [3.8, 4) is 22.6 Å². The Bertz CT molecular complexity index is 1370. The second-order valence-corrected chi connectivity index (χ2v) is 8.94. The molecule has 0 aliphatic carbocycles. The third kappa shape index (κ3) is 7.33. The maximum atomic E-state index is 11.7. The van der Waals surface area contributed by atoms with Gasteiger partial charge in [-0.05, 0) is 62.0 Å². The van der Waals surface area contributed by atoms with Crippen molar-refractivity contribution in [2.24, 2.45) is 0 Å². The zero-order valence-electron chi connectivity index (χ0n) is 22.9. The molecule has 1 heterocycles. The fourth-order valence-corrected chi connectivity index (χ4v) is 4.10. The quantitative estimate of drug-likeness (QED) is 0.190. The van der Waals surface area contributed by atoms with E-state index < -0.39 is 0 Å². The summed E-state index contributed by atoms with van der Waals surface area (Å²) in [5, 5.41) is 6.68. The van der Waals surface area contributed by atoms with E-state index in [9.17, 15) is 4.79 Å². The van der Waals surface area contributed by atoms with Crippen LogP contribution in [0, 0.1) is 0 Å². The molecule has 0 bridgehead atoms. The average Bonchev–Trinajstić information content (AvgIpc) is 2.97. The summed E-state index contributed by atoms with van der Waals surface area (Å²) in [4.78, 5) is 23.4. The predicted octanol–water partition coefficient (Wildman–Crippen LogP) is 6.56. The van der Waals surface area contributed by atoms with Crippen LogP contribution in [0.5, 0.6) is 11.5 Å². The number of nitrogens with one attached hydrogen (secondary N) is 2. The molecule has 202 valence electrons. The monoisotopic (exact) mass is 525 g/mol. The van der Waals surface area contributed by atoms with Gasteiger partial charge in [0, 0.05) is 29.6 Å². The normalized spacial score (nSPS) is 10.8. The first-order valence-corrected chi connectivity index (χ1v) is 13.1. The Kier molecular flexibility index (Phi) is 9.48. The molecule has 4 aromatic rings. The summed E-state index contributed by atoms with van der Waals surface area (Å²) in [5.74, 6) is 2.57. The molecular formula is C31H35N5O3. The number of ether oxygens (including phenoxy) is 2. The molecule has 0 fully saturated rings. The molecule has 4 rings (SSSR count). The Labute approximate surface area is 230 Å². The highest BCUT2D eigenvalue weighted by atomic mass is 16.5. The van der Waals surface area contributed by atoms with Crippen molar-refractivity contribution in [3.05, 3.63) is 84.6 Å². The highest BCUT2D eigenvalue weighted by molar-refractivity contribution is 5.94. The number of carbonyl (C=O) groups excluding carboxylic acids is 1. The predicted molar refractivity (Wildman–Crippen MR) is 157 cm³/mol. The van der Waals surface area contributed by atoms with E-state index in [2.05, 4.69) is 34.4 Å². The van der Waals surface area contributed by atoms with E-state index in [0.717, 1.165) is 47.9 Å². The van der Waals surface area contributed by atoms with E-state index in [-0.39, 0.29) is 5.78 Å². The van der Waals surface area contributed by atoms with Crippen LogP contribution in [-0.2, 0) is 0 Å². The number of benzene rings is 3. The Morgan fingerprint density at radius 3 is 2.31 bits per heavy atom. The van der Waals surface area contributed by atoms with Crippen molar-refractivity contribution in [1.29, 1.82) is 0 Å². The molecule has 0 atom stereocenters. The lowest BCUT2D eigenvalue weighted by Gasteiger charge is -2.18. The number of aromatic nitrogens is 2. The first-order chi connectivity index (χ1) is 19.0. The molecule has 2 N–H and O–H groups in total. The van der Waals surface area contributed by atoms with Crippen molar-refractivity contribution in [3.63, 3.8) is 0 Å². The fourth-order valence-electron chi connectivity index (χ4n) is 4.10. The number of likely N-dealkylation sites (N-methyl/N-ethyl adjacent to an activating group) is 1. The number of methoxy groups -OCH3 is 1. The number of anilines is 4. The summed E-state index contributed by atoms with van der Waals surface area (Å²) in [6.07, 6.45) is 1.76. The number of hydrogen-bond donors (Lipinski definition) is 2. The largest absolute Gasteiger partial charge is 0.495 e. The van der Waals surface area contributed by atoms with E-state index >= 15 is 0 Å². The van der Waals surface area contributed by atoms with E-state index in [4.69, 9.17) is 14.5 Å². The summed E-state index contributed by atoms with van der Waals surface area (Å²) in [5.41, 5.74) is 3.94. The SMILES string of the molecule is CCN(CC)CCOc1ccc(Nc2ncc(-c3ccc(C(C)=O)cc3)c(Nc3ccccc3OC)n2)cc1. The summed E-state index contributed by atoms with van der Waals surface area (Å²) in [6.45, 7) is 9.42. The van der Waals surface area contributed by atoms with Gasteiger partial charge in [-0.15, -0.1) is 0 Å². The number of hydrogen-bond acceptors (Lipinski definition) is 8. The van der Waals surface area contributed by atoms with Gasteiger partial charge in [0.2, 0.25) is 5.95 Å². The third-order valence-electron chi connectivity index (χ3n) is 6.43. The Morgan fingerprint density at radius 1 is 0.923 bits per heavy atom. The van der Waals surface area contributed by atoms with Crippen LogP contribution in [-0.4, -0.2) is 54.0 Å². The summed E-state index contributed by atoms with van der Waals surface area (Å²) in [7, 11) is 1.63. The summed E-state index contributed by atoms with van der Waals surface area (Å²) < 4.78 is 11.4. The van der Waals surface area contributed by atoms with Gasteiger partial charge >= 0.3 is 0 Å². The highest BCUT2D eigenvalue weighted by Gasteiger charge is 2.13. The van der Waals surface area contributed by atoms with Gasteiger partial charge in [0.1, 0.15) is 23.9 Å². The van der Waals surface area contributed by atoms with Gasteiger partial charge in [0.25, 0.3) is 0 Å². The average molecular weight is 526 g/mol. The minimum atomic E-state index is 0.0185. The summed E-state index contributed by atoms with van der Waals surface area (Å²) >= 11 is 0. The molecule has 8 nitrogen and oxygen atoms in total. The molecule has 8 heteroatoms. The van der Waals surface area contributed by atoms with Crippen LogP contribution < -0.4 is 20.1 Å². The van der Waals surface area contributed by atoms with Gasteiger partial charge in [0.05, 0.1) is 12.8 Å². The van der Waals surface area contributed by atoms with Gasteiger partial charge in [0.15, 0.2) is 5.78 Å². The smallest absolute Gasteiger partial charge is 0.229 e. The molecule has 0 unspecified atom stereocenters. The molecule has 0 saturated carbocycles. The minimum Gasteiger partial charge on any atom is -0.495 e. The van der Waals surface area contributed by atoms with Gasteiger partial charge < -0.3 is 25.0 Å². The second-order valence-electron chi connectivity index (χ2n) is 8.94. The molecule has 39 heavy (non-hydrogen) atoms. The van der Waals surface area contributed by atoms with Crippen molar-refractivity contribution < 1.29 is 14.3 Å². The van der Waals surface area contributed by atoms with Crippen LogP contribution in [0.3, 0.4) is 0 Å². The second kappa shape index (κ2) is 13.4. The number of para-hydroxylation sites is 2. The van der Waals surface area contributed by atoms with Crippen molar-refractivity contribution in [2.45, 2.75) is 20.8 Å². The molecule has 0 saturated heterocycles. The maximum absolute atomic E-state index is 11.7. The van der Waals surface area contributed by atoms with Gasteiger partial charge in [-0.25, -0.2) is 4.98 Å². The molecule has 0 aliphatic rings. The number of rotatable bonds is 13.